The van der Waals surface area contributed by atoms with Gasteiger partial charge in [0.05, 0.1) is 44.8 Å². The summed E-state index contributed by atoms with van der Waals surface area (Å²) in [5.41, 5.74) is 4.26. The van der Waals surface area contributed by atoms with Crippen LogP contribution in [0, 0.1) is 22.0 Å². The molecule has 1 N–H and O–H groups in total. The standard InChI is InChI=1S/C31H45N3O8/c1-23(18-38-3)19-39-20-24-5-8-26(9-6-24)31-27(22-42-34(35)36)16-32-17-30(31)41-21-25-7-10-29-28(15-25)33(12-14-40-29)11-4-13-37-2/h5-10,15,23,27,30-32H,4,11-14,16-22H2,1-3H3/t23?,27-,30-,31-/m0/s1. The van der Waals surface area contributed by atoms with Crippen molar-refractivity contribution in [2.24, 2.45) is 11.8 Å². The minimum absolute atomic E-state index is 0.000600. The average Bonchev–Trinajstić information content (AvgIpc) is 2.99. The van der Waals surface area contributed by atoms with Crippen LogP contribution in [0.3, 0.4) is 0 Å². The van der Waals surface area contributed by atoms with Crippen molar-refractivity contribution in [3.05, 3.63) is 69.3 Å². The van der Waals surface area contributed by atoms with Crippen LogP contribution in [0.2, 0.25) is 0 Å². The molecule has 0 aromatic heterocycles. The number of hydrogen-bond donors (Lipinski definition) is 1. The van der Waals surface area contributed by atoms with Gasteiger partial charge in [0.25, 0.3) is 5.09 Å². The van der Waals surface area contributed by atoms with E-state index >= 15 is 0 Å². The fraction of sp³-hybridized carbons (Fsp3) is 0.613. The second-order valence-electron chi connectivity index (χ2n) is 11.1. The van der Waals surface area contributed by atoms with Gasteiger partial charge in [0.2, 0.25) is 0 Å². The SMILES string of the molecule is COCCCN1CCOc2ccc(CO[C@H]3CNC[C@@H](CO[N+](=O)[O-])[C@@H]3c3ccc(COCC(C)COC)cc3)cc21. The van der Waals surface area contributed by atoms with E-state index in [4.69, 9.17) is 28.5 Å². The first kappa shape index (κ1) is 32.0. The summed E-state index contributed by atoms with van der Waals surface area (Å²) in [4.78, 5) is 18.2. The van der Waals surface area contributed by atoms with Crippen LogP contribution in [0.4, 0.5) is 5.69 Å². The molecule has 0 spiro atoms. The smallest absolute Gasteiger partial charge is 0.294 e. The van der Waals surface area contributed by atoms with Gasteiger partial charge in [-0.15, -0.1) is 10.1 Å². The lowest BCUT2D eigenvalue weighted by Gasteiger charge is -2.38. The number of anilines is 1. The zero-order valence-electron chi connectivity index (χ0n) is 25.0. The maximum atomic E-state index is 11.0. The topological polar surface area (TPSA) is 114 Å². The molecule has 0 radical (unpaired) electrons. The highest BCUT2D eigenvalue weighted by Crippen LogP contribution is 2.36. The van der Waals surface area contributed by atoms with Crippen molar-refractivity contribution >= 4 is 5.69 Å². The lowest BCUT2D eigenvalue weighted by atomic mass is 9.79. The van der Waals surface area contributed by atoms with Crippen molar-refractivity contribution in [3.8, 4) is 5.75 Å². The van der Waals surface area contributed by atoms with Gasteiger partial charge in [-0.3, -0.25) is 0 Å². The number of benzene rings is 2. The first-order valence-electron chi connectivity index (χ1n) is 14.7. The molecule has 0 saturated carbocycles. The van der Waals surface area contributed by atoms with Gasteiger partial charge in [0.15, 0.2) is 0 Å². The first-order valence-corrected chi connectivity index (χ1v) is 14.7. The van der Waals surface area contributed by atoms with E-state index < -0.39 is 5.09 Å². The van der Waals surface area contributed by atoms with Crippen LogP contribution in [0.15, 0.2) is 42.5 Å². The summed E-state index contributed by atoms with van der Waals surface area (Å²) < 4.78 is 28.7. The molecule has 11 nitrogen and oxygen atoms in total. The minimum Gasteiger partial charge on any atom is -0.490 e. The fourth-order valence-corrected chi connectivity index (χ4v) is 5.73. The highest BCUT2D eigenvalue weighted by Gasteiger charge is 2.36. The molecule has 11 heteroatoms. The molecule has 2 aromatic carbocycles. The van der Waals surface area contributed by atoms with Crippen LogP contribution in [0.25, 0.3) is 0 Å². The van der Waals surface area contributed by atoms with Gasteiger partial charge in [-0.25, -0.2) is 0 Å². The van der Waals surface area contributed by atoms with Crippen LogP contribution >= 0.6 is 0 Å². The highest BCUT2D eigenvalue weighted by molar-refractivity contribution is 5.61. The third kappa shape index (κ3) is 9.27. The Labute approximate surface area is 248 Å². The van der Waals surface area contributed by atoms with Crippen LogP contribution in [0.5, 0.6) is 5.75 Å². The van der Waals surface area contributed by atoms with Crippen molar-refractivity contribution in [3.63, 3.8) is 0 Å². The van der Waals surface area contributed by atoms with E-state index in [0.29, 0.717) is 58.6 Å². The maximum absolute atomic E-state index is 11.0. The quantitative estimate of drug-likeness (QED) is 0.166. The predicted octanol–water partition coefficient (Wildman–Crippen LogP) is 3.82. The summed E-state index contributed by atoms with van der Waals surface area (Å²) in [6, 6.07) is 14.5. The van der Waals surface area contributed by atoms with Gasteiger partial charge in [0, 0.05) is 58.2 Å². The molecule has 42 heavy (non-hydrogen) atoms. The van der Waals surface area contributed by atoms with Crippen molar-refractivity contribution < 1.29 is 33.6 Å². The molecule has 0 bridgehead atoms. The van der Waals surface area contributed by atoms with Crippen LogP contribution < -0.4 is 15.0 Å². The Hall–Kier alpha value is -2.96. The second-order valence-corrected chi connectivity index (χ2v) is 11.1. The van der Waals surface area contributed by atoms with Crippen LogP contribution in [-0.4, -0.2) is 84.6 Å². The highest BCUT2D eigenvalue weighted by atomic mass is 16.9. The van der Waals surface area contributed by atoms with E-state index in [9.17, 15) is 10.1 Å². The van der Waals surface area contributed by atoms with E-state index in [0.717, 1.165) is 47.6 Å². The summed E-state index contributed by atoms with van der Waals surface area (Å²) in [7, 11) is 3.41. The third-order valence-electron chi connectivity index (χ3n) is 7.76. The number of fused-ring (bicyclic) bond motifs is 1. The van der Waals surface area contributed by atoms with Gasteiger partial charge in [-0.2, -0.15) is 0 Å². The molecule has 232 valence electrons. The molecule has 2 aliphatic rings. The van der Waals surface area contributed by atoms with Crippen LogP contribution in [-0.2, 0) is 37.0 Å². The molecule has 4 rings (SSSR count). The zero-order valence-corrected chi connectivity index (χ0v) is 25.0. The number of nitrogens with one attached hydrogen (secondary N) is 1. The van der Waals surface area contributed by atoms with E-state index in [1.807, 2.05) is 12.1 Å². The van der Waals surface area contributed by atoms with Gasteiger partial charge in [-0.05, 0) is 35.2 Å². The number of piperidine rings is 1. The molecule has 2 aliphatic heterocycles. The normalized spacial score (nSPS) is 20.9. The summed E-state index contributed by atoms with van der Waals surface area (Å²) in [5.74, 6) is 1.01. The minimum atomic E-state index is -0.722. The molecule has 1 unspecified atom stereocenters. The summed E-state index contributed by atoms with van der Waals surface area (Å²) >= 11 is 0. The number of nitrogens with zero attached hydrogens (tertiary/aromatic N) is 2. The Bertz CT molecular complexity index is 1100. The number of rotatable bonds is 17. The van der Waals surface area contributed by atoms with Crippen molar-refractivity contribution in [1.82, 2.24) is 5.32 Å². The largest absolute Gasteiger partial charge is 0.490 e. The molecule has 0 aliphatic carbocycles. The Morgan fingerprint density at radius 3 is 2.64 bits per heavy atom. The molecular weight excluding hydrogens is 542 g/mol. The fourth-order valence-electron chi connectivity index (χ4n) is 5.73. The third-order valence-corrected chi connectivity index (χ3v) is 7.76. The monoisotopic (exact) mass is 587 g/mol. The predicted molar refractivity (Wildman–Crippen MR) is 158 cm³/mol. The molecular formula is C31H45N3O8. The Kier molecular flexibility index (Phi) is 12.6. The molecule has 4 atom stereocenters. The van der Waals surface area contributed by atoms with Crippen molar-refractivity contribution in [2.75, 3.05) is 78.3 Å². The summed E-state index contributed by atoms with van der Waals surface area (Å²) in [5, 5.41) is 13.7. The first-order chi connectivity index (χ1) is 20.5. The molecule has 1 fully saturated rings. The average molecular weight is 588 g/mol. The van der Waals surface area contributed by atoms with Crippen molar-refractivity contribution in [1.29, 1.82) is 0 Å². The maximum Gasteiger partial charge on any atom is 0.294 e. The van der Waals surface area contributed by atoms with E-state index in [1.54, 1.807) is 14.2 Å². The molecule has 0 amide bonds. The number of hydrogen-bond acceptors (Lipinski definition) is 10. The van der Waals surface area contributed by atoms with E-state index in [-0.39, 0.29) is 24.5 Å². The lowest BCUT2D eigenvalue weighted by Crippen LogP contribution is -2.48. The Morgan fingerprint density at radius 2 is 1.88 bits per heavy atom. The summed E-state index contributed by atoms with van der Waals surface area (Å²) in [6.07, 6.45) is 0.749. The number of ether oxygens (including phenoxy) is 5. The van der Waals surface area contributed by atoms with Gasteiger partial charge in [-0.1, -0.05) is 37.3 Å². The van der Waals surface area contributed by atoms with Gasteiger partial charge in [0.1, 0.15) is 19.0 Å². The number of methoxy groups -OCH3 is 2. The van der Waals surface area contributed by atoms with Crippen molar-refractivity contribution in [2.45, 2.75) is 38.6 Å². The Balaban J connectivity index is 1.44. The lowest BCUT2D eigenvalue weighted by molar-refractivity contribution is -0.759. The van der Waals surface area contributed by atoms with E-state index in [2.05, 4.69) is 47.5 Å². The molecule has 2 aromatic rings. The Morgan fingerprint density at radius 1 is 1.07 bits per heavy atom. The molecule has 2 heterocycles. The second kappa shape index (κ2) is 16.6. The molecule has 1 saturated heterocycles. The summed E-state index contributed by atoms with van der Waals surface area (Å²) in [6.45, 7) is 8.66. The van der Waals surface area contributed by atoms with Gasteiger partial charge < -0.3 is 38.7 Å². The zero-order chi connectivity index (χ0) is 29.7. The van der Waals surface area contributed by atoms with E-state index in [1.165, 1.54) is 0 Å². The van der Waals surface area contributed by atoms with Crippen LogP contribution in [0.1, 0.15) is 36.0 Å². The van der Waals surface area contributed by atoms with Gasteiger partial charge >= 0.3 is 0 Å².